The first kappa shape index (κ1) is 16.7. The molecule has 2 rings (SSSR count). The molecule has 1 saturated heterocycles. The molecular weight excluding hydrogens is 308 g/mol. The van der Waals surface area contributed by atoms with Crippen molar-refractivity contribution in [3.63, 3.8) is 0 Å². The lowest BCUT2D eigenvalue weighted by molar-refractivity contribution is 0.182. The molecule has 0 aliphatic carbocycles. The first-order valence-electron chi connectivity index (χ1n) is 7.41. The van der Waals surface area contributed by atoms with E-state index in [4.69, 9.17) is 11.6 Å². The van der Waals surface area contributed by atoms with Crippen molar-refractivity contribution in [1.29, 1.82) is 0 Å². The van der Waals surface area contributed by atoms with Crippen molar-refractivity contribution in [2.45, 2.75) is 37.1 Å². The predicted octanol–water partition coefficient (Wildman–Crippen LogP) is 2.83. The Hall–Kier alpha value is -0.620. The van der Waals surface area contributed by atoms with Gasteiger partial charge in [0.05, 0.1) is 4.90 Å². The quantitative estimate of drug-likeness (QED) is 0.833. The minimum atomic E-state index is -3.44. The number of piperidine rings is 1. The molecule has 1 aliphatic heterocycles. The second kappa shape index (κ2) is 7.09. The molecule has 0 radical (unpaired) electrons. The van der Waals surface area contributed by atoms with Crippen LogP contribution in [0.4, 0.5) is 0 Å². The summed E-state index contributed by atoms with van der Waals surface area (Å²) in [6.45, 7) is 4.47. The molecule has 1 fully saturated rings. The molecule has 0 unspecified atom stereocenters. The Labute approximate surface area is 132 Å². The minimum absolute atomic E-state index is 0.0989. The lowest BCUT2D eigenvalue weighted by Crippen LogP contribution is -2.46. The molecule has 0 bridgehead atoms. The van der Waals surface area contributed by atoms with E-state index in [0.717, 1.165) is 32.4 Å². The first-order valence-corrected chi connectivity index (χ1v) is 9.23. The molecule has 4 nitrogen and oxygen atoms in total. The van der Waals surface area contributed by atoms with Crippen molar-refractivity contribution in [2.24, 2.45) is 0 Å². The second-order valence-corrected chi connectivity index (χ2v) is 7.93. The van der Waals surface area contributed by atoms with Gasteiger partial charge in [0.1, 0.15) is 0 Å². The Bertz CT molecular complexity index is 552. The van der Waals surface area contributed by atoms with Crippen molar-refractivity contribution in [2.75, 3.05) is 26.7 Å². The standard InChI is InChI=1S/C15H23ClN2O2S/c1-3-10-18(14-8-11-17(2)12-9-14)21(19,20)15-6-4-13(16)5-7-15/h4-7,14H,3,8-12H2,1-2H3. The monoisotopic (exact) mass is 330 g/mol. The van der Waals surface area contributed by atoms with Gasteiger partial charge < -0.3 is 4.90 Å². The van der Waals surface area contributed by atoms with E-state index in [0.29, 0.717) is 16.5 Å². The molecule has 1 aromatic rings. The molecule has 1 aliphatic rings. The van der Waals surface area contributed by atoms with Crippen LogP contribution in [0.5, 0.6) is 0 Å². The van der Waals surface area contributed by atoms with Gasteiger partial charge in [0, 0.05) is 17.6 Å². The van der Waals surface area contributed by atoms with Gasteiger partial charge in [0.25, 0.3) is 0 Å². The summed E-state index contributed by atoms with van der Waals surface area (Å²) in [5.41, 5.74) is 0. The summed E-state index contributed by atoms with van der Waals surface area (Å²) in [5, 5.41) is 0.551. The SMILES string of the molecule is CCCN(C1CCN(C)CC1)S(=O)(=O)c1ccc(Cl)cc1. The third-order valence-electron chi connectivity index (χ3n) is 3.96. The predicted molar refractivity (Wildman–Crippen MR) is 86.2 cm³/mol. The molecule has 0 N–H and O–H groups in total. The first-order chi connectivity index (χ1) is 9.95. The smallest absolute Gasteiger partial charge is 0.243 e. The van der Waals surface area contributed by atoms with Gasteiger partial charge in [-0.3, -0.25) is 0 Å². The van der Waals surface area contributed by atoms with E-state index in [9.17, 15) is 8.42 Å². The fourth-order valence-corrected chi connectivity index (χ4v) is 4.65. The molecule has 0 atom stereocenters. The molecule has 0 amide bonds. The summed E-state index contributed by atoms with van der Waals surface area (Å²) in [5.74, 6) is 0. The minimum Gasteiger partial charge on any atom is -0.306 e. The average Bonchev–Trinajstić information content (AvgIpc) is 2.46. The van der Waals surface area contributed by atoms with E-state index in [1.54, 1.807) is 28.6 Å². The van der Waals surface area contributed by atoms with Crippen LogP contribution < -0.4 is 0 Å². The Morgan fingerprint density at radius 2 is 1.81 bits per heavy atom. The van der Waals surface area contributed by atoms with Crippen molar-refractivity contribution in [1.82, 2.24) is 9.21 Å². The van der Waals surface area contributed by atoms with E-state index in [2.05, 4.69) is 11.9 Å². The molecule has 118 valence electrons. The molecule has 1 heterocycles. The fraction of sp³-hybridized carbons (Fsp3) is 0.600. The Morgan fingerprint density at radius 1 is 1.24 bits per heavy atom. The van der Waals surface area contributed by atoms with E-state index in [1.165, 1.54) is 0 Å². The summed E-state index contributed by atoms with van der Waals surface area (Å²) in [6, 6.07) is 6.55. The third-order valence-corrected chi connectivity index (χ3v) is 6.18. The van der Waals surface area contributed by atoms with Gasteiger partial charge in [-0.1, -0.05) is 18.5 Å². The van der Waals surface area contributed by atoms with Gasteiger partial charge in [0.2, 0.25) is 10.0 Å². The molecule has 1 aromatic carbocycles. The van der Waals surface area contributed by atoms with Crippen LogP contribution in [0, 0.1) is 0 Å². The van der Waals surface area contributed by atoms with E-state index >= 15 is 0 Å². The van der Waals surface area contributed by atoms with Gasteiger partial charge in [-0.2, -0.15) is 4.31 Å². The number of likely N-dealkylation sites (tertiary alicyclic amines) is 1. The normalized spacial score (nSPS) is 18.3. The number of benzene rings is 1. The molecule has 0 spiro atoms. The highest BCUT2D eigenvalue weighted by Crippen LogP contribution is 2.25. The number of nitrogens with zero attached hydrogens (tertiary/aromatic N) is 2. The lowest BCUT2D eigenvalue weighted by atomic mass is 10.1. The van der Waals surface area contributed by atoms with Gasteiger partial charge in [-0.15, -0.1) is 0 Å². The van der Waals surface area contributed by atoms with Crippen LogP contribution in [0.1, 0.15) is 26.2 Å². The Kier molecular flexibility index (Phi) is 5.66. The summed E-state index contributed by atoms with van der Waals surface area (Å²) < 4.78 is 27.5. The molecule has 0 aromatic heterocycles. The third kappa shape index (κ3) is 3.97. The largest absolute Gasteiger partial charge is 0.306 e. The number of rotatable bonds is 5. The zero-order valence-corrected chi connectivity index (χ0v) is 14.2. The maximum atomic E-state index is 12.9. The van der Waals surface area contributed by atoms with Crippen molar-refractivity contribution < 1.29 is 8.42 Å². The highest BCUT2D eigenvalue weighted by molar-refractivity contribution is 7.89. The molecular formula is C15H23ClN2O2S. The zero-order valence-electron chi connectivity index (χ0n) is 12.6. The van der Waals surface area contributed by atoms with E-state index in [1.807, 2.05) is 6.92 Å². The molecule has 0 saturated carbocycles. The van der Waals surface area contributed by atoms with Crippen LogP contribution >= 0.6 is 11.6 Å². The van der Waals surface area contributed by atoms with Crippen molar-refractivity contribution >= 4 is 21.6 Å². The number of sulfonamides is 1. The highest BCUT2D eigenvalue weighted by atomic mass is 35.5. The maximum Gasteiger partial charge on any atom is 0.243 e. The van der Waals surface area contributed by atoms with Crippen molar-refractivity contribution in [3.05, 3.63) is 29.3 Å². The number of hydrogen-bond acceptors (Lipinski definition) is 3. The van der Waals surface area contributed by atoms with E-state index in [-0.39, 0.29) is 6.04 Å². The average molecular weight is 331 g/mol. The summed E-state index contributed by atoms with van der Waals surface area (Å²) >= 11 is 5.85. The van der Waals surface area contributed by atoms with Gasteiger partial charge in [0.15, 0.2) is 0 Å². The second-order valence-electron chi connectivity index (χ2n) is 5.60. The van der Waals surface area contributed by atoms with Gasteiger partial charge in [-0.05, 0) is 63.7 Å². The Morgan fingerprint density at radius 3 is 2.33 bits per heavy atom. The van der Waals surface area contributed by atoms with E-state index < -0.39 is 10.0 Å². The fourth-order valence-electron chi connectivity index (χ4n) is 2.74. The summed E-state index contributed by atoms with van der Waals surface area (Å²) in [4.78, 5) is 2.58. The van der Waals surface area contributed by atoms with Gasteiger partial charge >= 0.3 is 0 Å². The van der Waals surface area contributed by atoms with Gasteiger partial charge in [-0.25, -0.2) is 8.42 Å². The van der Waals surface area contributed by atoms with Crippen molar-refractivity contribution in [3.8, 4) is 0 Å². The van der Waals surface area contributed by atoms with Crippen LogP contribution in [0.3, 0.4) is 0 Å². The maximum absolute atomic E-state index is 12.9. The Balaban J connectivity index is 2.25. The molecule has 6 heteroatoms. The highest BCUT2D eigenvalue weighted by Gasteiger charge is 2.32. The van der Waals surface area contributed by atoms with Crippen LogP contribution in [-0.4, -0.2) is 50.3 Å². The molecule has 21 heavy (non-hydrogen) atoms. The summed E-state index contributed by atoms with van der Waals surface area (Å²) in [6.07, 6.45) is 2.60. The zero-order chi connectivity index (χ0) is 15.5. The number of halogens is 1. The van der Waals surface area contributed by atoms with Crippen LogP contribution in [0.25, 0.3) is 0 Å². The van der Waals surface area contributed by atoms with Crippen LogP contribution in [0.2, 0.25) is 5.02 Å². The van der Waals surface area contributed by atoms with Crippen LogP contribution in [-0.2, 0) is 10.0 Å². The topological polar surface area (TPSA) is 40.6 Å². The number of hydrogen-bond donors (Lipinski definition) is 0. The summed E-state index contributed by atoms with van der Waals surface area (Å²) in [7, 11) is -1.36. The lowest BCUT2D eigenvalue weighted by Gasteiger charge is -2.36. The van der Waals surface area contributed by atoms with Crippen LogP contribution in [0.15, 0.2) is 29.2 Å².